The summed E-state index contributed by atoms with van der Waals surface area (Å²) in [6, 6.07) is 25.2. The SMILES string of the molecule is O=S(=O)([O-])c1cc(Nc2nc(Nc3ccccc3)nc(N(CCO)CCO)n2)ccc1/C=C/c1ccc(Nc2nc(Nc3ccccc3)nc(N(CCO)CCO)n2)cc1S(=O)(=O)[O-].OCCNCCO.[NH4+].[NH4+]. The lowest BCUT2D eigenvalue weighted by molar-refractivity contribution is 0.266. The molecule has 0 aliphatic carbocycles. The van der Waals surface area contributed by atoms with Gasteiger partial charge in [-0.2, -0.15) is 29.9 Å². The maximum atomic E-state index is 12.6. The number of hydrogen-bond acceptors (Lipinski definition) is 25. The fourth-order valence-corrected chi connectivity index (χ4v) is 7.69. The van der Waals surface area contributed by atoms with Crippen LogP contribution in [0.1, 0.15) is 11.1 Å². The first-order chi connectivity index (χ1) is 34.2. The van der Waals surface area contributed by atoms with Crippen LogP contribution in [0.5, 0.6) is 0 Å². The maximum Gasteiger partial charge on any atom is 0.233 e. The van der Waals surface area contributed by atoms with E-state index in [1.165, 1.54) is 34.1 Å². The summed E-state index contributed by atoms with van der Waals surface area (Å²) in [7, 11) is -10.3. The van der Waals surface area contributed by atoms with Gasteiger partial charge in [0.25, 0.3) is 0 Å². The molecule has 6 aromatic rings. The molecule has 73 heavy (non-hydrogen) atoms. The standard InChI is InChI=1S/C40H44N12O10S2.C4H11NO2.2H3N/c53-21-17-51(18-22-54)39-47-35(41-29-7-3-1-4-8-29)45-37(49-39)43-31-15-13-27(33(25-31)63(57,58)59)11-12-28-14-16-32(26-34(28)64(60,61)62)44-38-46-36(42-30-9-5-2-6-10-30)48-40(50-38)52(19-23-55)20-24-56;6-3-1-5-2-4-7;;/h1-16,25-26,53-56H,17-24H2,(H,57,58,59)(H,60,61,62)(H2,41,43,45,47,49)(H2,42,44,46,48,50);5-7H,1-4H2;2*1H3/b12-11+;;;. The highest BCUT2D eigenvalue weighted by atomic mass is 32.2. The molecule has 19 N–H and O–H groups in total. The third-order valence-corrected chi connectivity index (χ3v) is 11.2. The van der Waals surface area contributed by atoms with E-state index in [0.29, 0.717) is 24.5 Å². The van der Waals surface area contributed by atoms with Crippen molar-refractivity contribution in [2.45, 2.75) is 9.79 Å². The zero-order valence-corrected chi connectivity index (χ0v) is 41.5. The summed E-state index contributed by atoms with van der Waals surface area (Å²) < 4.78 is 75.6. The van der Waals surface area contributed by atoms with Gasteiger partial charge in [0.2, 0.25) is 35.7 Å². The topological polar surface area (TPSA) is 453 Å². The first-order valence-corrected chi connectivity index (χ1v) is 24.4. The quantitative estimate of drug-likeness (QED) is 0.0210. The predicted molar refractivity (Wildman–Crippen MR) is 275 cm³/mol. The Hall–Kier alpha value is -7.10. The molecule has 0 unspecified atom stereocenters. The first-order valence-electron chi connectivity index (χ1n) is 21.6. The average Bonchev–Trinajstić information content (AvgIpc) is 3.34. The number of benzene rings is 4. The summed E-state index contributed by atoms with van der Waals surface area (Å²) in [6.45, 7) is 0.532. The number of para-hydroxylation sites is 2. The largest absolute Gasteiger partial charge is 0.744 e. The zero-order valence-electron chi connectivity index (χ0n) is 39.9. The molecule has 0 aliphatic heterocycles. The highest BCUT2D eigenvalue weighted by Crippen LogP contribution is 2.29. The second kappa shape index (κ2) is 30.1. The van der Waals surface area contributed by atoms with Gasteiger partial charge in [0, 0.05) is 62.0 Å². The van der Waals surface area contributed by atoms with Crippen LogP contribution in [-0.2, 0) is 20.2 Å². The third-order valence-electron chi connectivity index (χ3n) is 9.45. The highest BCUT2D eigenvalue weighted by molar-refractivity contribution is 7.86. The lowest BCUT2D eigenvalue weighted by Gasteiger charge is -2.22. The van der Waals surface area contributed by atoms with Crippen molar-refractivity contribution in [1.82, 2.24) is 47.5 Å². The van der Waals surface area contributed by atoms with Crippen molar-refractivity contribution < 1.29 is 56.6 Å². The Morgan fingerprint density at radius 2 is 0.753 bits per heavy atom. The Morgan fingerprint density at radius 3 is 1.04 bits per heavy atom. The average molecular weight is 1060 g/mol. The summed E-state index contributed by atoms with van der Waals surface area (Å²) >= 11 is 0. The Kier molecular flexibility index (Phi) is 24.8. The van der Waals surface area contributed by atoms with Gasteiger partial charge in [-0.3, -0.25) is 0 Å². The molecular weight excluding hydrogens is 995 g/mol. The zero-order chi connectivity index (χ0) is 51.2. The minimum atomic E-state index is -5.17. The molecule has 27 nitrogen and oxygen atoms in total. The Labute approximate surface area is 421 Å². The van der Waals surface area contributed by atoms with Crippen LogP contribution in [0.15, 0.2) is 107 Å². The van der Waals surface area contributed by atoms with Gasteiger partial charge in [-0.25, -0.2) is 16.8 Å². The van der Waals surface area contributed by atoms with E-state index < -0.39 is 30.0 Å². The molecule has 0 bridgehead atoms. The van der Waals surface area contributed by atoms with Crippen molar-refractivity contribution in [3.05, 3.63) is 108 Å². The number of nitrogens with zero attached hydrogens (tertiary/aromatic N) is 8. The molecule has 6 rings (SSSR count). The minimum absolute atomic E-state index is 0. The van der Waals surface area contributed by atoms with E-state index in [1.54, 1.807) is 48.5 Å². The number of nitrogens with one attached hydrogen (secondary N) is 5. The Balaban J connectivity index is 0.00000145. The van der Waals surface area contributed by atoms with Crippen molar-refractivity contribution in [2.75, 3.05) is 110 Å². The van der Waals surface area contributed by atoms with Crippen LogP contribution < -0.4 is 48.7 Å². The number of aromatic nitrogens is 6. The Bertz CT molecular complexity index is 2680. The van der Waals surface area contributed by atoms with E-state index >= 15 is 0 Å². The summed E-state index contributed by atoms with van der Waals surface area (Å²) in [5.41, 5.74) is 1.07. The van der Waals surface area contributed by atoms with Gasteiger partial charge in [0.15, 0.2) is 0 Å². The van der Waals surface area contributed by atoms with Crippen molar-refractivity contribution >= 4 is 90.8 Å². The van der Waals surface area contributed by atoms with Crippen LogP contribution in [-0.4, -0.2) is 165 Å². The van der Waals surface area contributed by atoms with E-state index in [0.717, 1.165) is 24.3 Å². The van der Waals surface area contributed by atoms with Crippen LogP contribution in [0.3, 0.4) is 0 Å². The van der Waals surface area contributed by atoms with Gasteiger partial charge < -0.3 is 88.4 Å². The number of aliphatic hydroxyl groups excluding tert-OH is 6. The molecule has 0 aliphatic rings. The summed E-state index contributed by atoms with van der Waals surface area (Å²) in [6.07, 6.45) is 2.32. The van der Waals surface area contributed by atoms with E-state index in [-0.39, 0.29) is 136 Å². The van der Waals surface area contributed by atoms with Crippen molar-refractivity contribution in [3.63, 3.8) is 0 Å². The van der Waals surface area contributed by atoms with Crippen LogP contribution in [0.25, 0.3) is 12.2 Å². The molecule has 29 heteroatoms. The van der Waals surface area contributed by atoms with Crippen molar-refractivity contribution in [2.24, 2.45) is 0 Å². The first kappa shape index (κ1) is 60.2. The van der Waals surface area contributed by atoms with E-state index in [2.05, 4.69) is 56.5 Å². The number of quaternary nitrogens is 2. The van der Waals surface area contributed by atoms with Crippen LogP contribution in [0.2, 0.25) is 0 Å². The molecule has 0 atom stereocenters. The predicted octanol–water partition coefficient (Wildman–Crippen LogP) is 1.90. The summed E-state index contributed by atoms with van der Waals surface area (Å²) in [5, 5.41) is 69.3. The molecule has 4 aromatic carbocycles. The molecule has 0 fully saturated rings. The Morgan fingerprint density at radius 1 is 0.438 bits per heavy atom. The molecule has 0 saturated carbocycles. The molecule has 396 valence electrons. The maximum absolute atomic E-state index is 12.6. The number of anilines is 10. The fourth-order valence-electron chi connectivity index (χ4n) is 6.30. The van der Waals surface area contributed by atoms with E-state index in [1.807, 2.05) is 12.1 Å². The van der Waals surface area contributed by atoms with Gasteiger partial charge in [-0.1, -0.05) is 60.7 Å². The lowest BCUT2D eigenvalue weighted by Crippen LogP contribution is -2.31. The van der Waals surface area contributed by atoms with Crippen LogP contribution >= 0.6 is 0 Å². The number of aliphatic hydroxyl groups is 6. The number of rotatable bonds is 26. The minimum Gasteiger partial charge on any atom is -0.744 e. The third kappa shape index (κ3) is 19.1. The van der Waals surface area contributed by atoms with E-state index in [9.17, 15) is 46.4 Å². The summed E-state index contributed by atoms with van der Waals surface area (Å²) in [5.74, 6) is 0.0621. The molecule has 0 spiro atoms. The van der Waals surface area contributed by atoms with Gasteiger partial charge in [-0.15, -0.1) is 0 Å². The van der Waals surface area contributed by atoms with Gasteiger partial charge in [-0.05, 0) is 59.7 Å². The smallest absolute Gasteiger partial charge is 0.233 e. The fraction of sp³-hybridized carbons (Fsp3) is 0.273. The molecule has 2 aromatic heterocycles. The molecule has 0 amide bonds. The van der Waals surface area contributed by atoms with Crippen LogP contribution in [0, 0.1) is 0 Å². The highest BCUT2D eigenvalue weighted by Gasteiger charge is 2.18. The van der Waals surface area contributed by atoms with Crippen molar-refractivity contribution in [1.29, 1.82) is 0 Å². The monoisotopic (exact) mass is 1060 g/mol. The number of hydrogen-bond donors (Lipinski definition) is 13. The second-order valence-electron chi connectivity index (χ2n) is 14.6. The van der Waals surface area contributed by atoms with E-state index in [4.69, 9.17) is 10.2 Å². The lowest BCUT2D eigenvalue weighted by atomic mass is 10.1. The second-order valence-corrected chi connectivity index (χ2v) is 17.3. The molecule has 2 heterocycles. The molecule has 0 radical (unpaired) electrons. The summed E-state index contributed by atoms with van der Waals surface area (Å²) in [4.78, 5) is 27.9. The normalized spacial score (nSPS) is 11.1. The van der Waals surface area contributed by atoms with Gasteiger partial charge in [0.05, 0.1) is 49.4 Å². The van der Waals surface area contributed by atoms with Gasteiger partial charge >= 0.3 is 0 Å². The van der Waals surface area contributed by atoms with Crippen molar-refractivity contribution in [3.8, 4) is 0 Å². The molecular formula is C44H61N15O12S2. The van der Waals surface area contributed by atoms with Crippen LogP contribution in [0.4, 0.5) is 58.4 Å². The molecule has 0 saturated heterocycles. The van der Waals surface area contributed by atoms with Gasteiger partial charge in [0.1, 0.15) is 20.2 Å².